The topological polar surface area (TPSA) is 102 Å². The van der Waals surface area contributed by atoms with Gasteiger partial charge in [-0.3, -0.25) is 0 Å². The third-order valence-corrected chi connectivity index (χ3v) is 2.72. The molecule has 0 aromatic carbocycles. The molecule has 0 spiro atoms. The maximum atomic E-state index is 11.9. The number of nitrogens with zero attached hydrogens (tertiary/aromatic N) is 3. The Bertz CT molecular complexity index is 541. The molecule has 0 unspecified atom stereocenters. The van der Waals surface area contributed by atoms with Crippen molar-refractivity contribution in [3.63, 3.8) is 0 Å². The number of halogens is 2. The maximum Gasteiger partial charge on any atom is 0.425 e. The first-order valence-electron chi connectivity index (χ1n) is 5.89. The Morgan fingerprint density at radius 3 is 2.52 bits per heavy atom. The fraction of sp³-hybridized carbons (Fsp3) is 0.455. The molecule has 1 N–H and O–H groups in total. The van der Waals surface area contributed by atoms with E-state index in [4.69, 9.17) is 32.7 Å². The molecule has 1 heterocycles. The average molecular weight is 338 g/mol. The van der Waals surface area contributed by atoms with Crippen molar-refractivity contribution in [1.29, 1.82) is 0 Å². The smallest absolute Gasteiger partial charge is 0.425 e. The monoisotopic (exact) mass is 337 g/mol. The molecule has 0 fully saturated rings. The van der Waals surface area contributed by atoms with Crippen molar-refractivity contribution < 1.29 is 24.2 Å². The molecule has 21 heavy (non-hydrogen) atoms. The number of carboxylic acid groups (broad SMARTS) is 1. The number of anilines is 1. The lowest BCUT2D eigenvalue weighted by molar-refractivity contribution is 0.147. The summed E-state index contributed by atoms with van der Waals surface area (Å²) in [5.41, 5.74) is 0. The van der Waals surface area contributed by atoms with Crippen LogP contribution in [0.15, 0.2) is 0 Å². The molecule has 8 nitrogen and oxygen atoms in total. The summed E-state index contributed by atoms with van der Waals surface area (Å²) >= 11 is 11.4. The van der Waals surface area contributed by atoms with Crippen LogP contribution in [0.25, 0.3) is 0 Å². The van der Waals surface area contributed by atoms with Crippen LogP contribution in [0.4, 0.5) is 15.4 Å². The number of rotatable bonds is 5. The van der Waals surface area contributed by atoms with Crippen molar-refractivity contribution >= 4 is 41.2 Å². The number of carbonyl (C=O) groups is 2. The third kappa shape index (κ3) is 4.33. The van der Waals surface area contributed by atoms with Gasteiger partial charge in [0.2, 0.25) is 5.28 Å². The molecule has 0 saturated heterocycles. The summed E-state index contributed by atoms with van der Waals surface area (Å²) in [6.07, 6.45) is -1.35. The van der Waals surface area contributed by atoms with E-state index in [0.717, 1.165) is 6.42 Å². The van der Waals surface area contributed by atoms with Gasteiger partial charge in [-0.25, -0.2) is 14.6 Å². The molecule has 0 aliphatic carbocycles. The highest BCUT2D eigenvalue weighted by molar-refractivity contribution is 6.33. The number of hydrogen-bond acceptors (Lipinski definition) is 6. The van der Waals surface area contributed by atoms with Crippen LogP contribution in [0.3, 0.4) is 0 Å². The van der Waals surface area contributed by atoms with E-state index in [2.05, 4.69) is 9.97 Å². The molecule has 0 saturated carbocycles. The first-order chi connectivity index (χ1) is 9.92. The Hall–Kier alpha value is -1.80. The minimum Gasteiger partial charge on any atom is -0.490 e. The van der Waals surface area contributed by atoms with Gasteiger partial charge in [0.05, 0.1) is 13.7 Å². The van der Waals surface area contributed by atoms with E-state index in [9.17, 15) is 14.7 Å². The van der Waals surface area contributed by atoms with Crippen LogP contribution in [0.2, 0.25) is 10.4 Å². The normalized spacial score (nSPS) is 10.1. The zero-order chi connectivity index (χ0) is 16.0. The lowest BCUT2D eigenvalue weighted by Gasteiger charge is -2.18. The summed E-state index contributed by atoms with van der Waals surface area (Å²) in [5.74, 6) is -0.604. The largest absolute Gasteiger partial charge is 0.490 e. The first kappa shape index (κ1) is 17.3. The van der Waals surface area contributed by atoms with E-state index in [1.54, 1.807) is 0 Å². The van der Waals surface area contributed by atoms with Crippen LogP contribution in [-0.2, 0) is 4.74 Å². The van der Waals surface area contributed by atoms with Gasteiger partial charge in [0.15, 0.2) is 16.7 Å². The van der Waals surface area contributed by atoms with E-state index in [0.29, 0.717) is 6.42 Å². The van der Waals surface area contributed by atoms with E-state index < -0.39 is 18.0 Å². The highest BCUT2D eigenvalue weighted by Crippen LogP contribution is 2.34. The predicted octanol–water partition coefficient (Wildman–Crippen LogP) is 3.21. The zero-order valence-corrected chi connectivity index (χ0v) is 12.8. The molecule has 0 atom stereocenters. The summed E-state index contributed by atoms with van der Waals surface area (Å²) < 4.78 is 9.75. The van der Waals surface area contributed by atoms with Gasteiger partial charge >= 0.3 is 12.2 Å². The third-order valence-electron chi connectivity index (χ3n) is 2.29. The number of ether oxygens (including phenoxy) is 2. The predicted molar refractivity (Wildman–Crippen MR) is 75.4 cm³/mol. The number of methoxy groups -OCH3 is 1. The second-order valence-electron chi connectivity index (χ2n) is 3.73. The van der Waals surface area contributed by atoms with Crippen LogP contribution < -0.4 is 9.64 Å². The molecular weight excluding hydrogens is 325 g/mol. The Kier molecular flexibility index (Phi) is 6.44. The zero-order valence-electron chi connectivity index (χ0n) is 11.3. The molecule has 2 amide bonds. The van der Waals surface area contributed by atoms with Gasteiger partial charge in [0.25, 0.3) is 0 Å². The van der Waals surface area contributed by atoms with Crippen LogP contribution in [0.5, 0.6) is 5.75 Å². The second kappa shape index (κ2) is 7.84. The van der Waals surface area contributed by atoms with Gasteiger partial charge < -0.3 is 14.6 Å². The minimum atomic E-state index is -1.61. The van der Waals surface area contributed by atoms with E-state index in [1.165, 1.54) is 7.11 Å². The van der Waals surface area contributed by atoms with E-state index in [1.807, 2.05) is 6.92 Å². The molecule has 0 aliphatic heterocycles. The van der Waals surface area contributed by atoms with Crippen molar-refractivity contribution in [3.8, 4) is 5.75 Å². The number of aromatic nitrogens is 2. The van der Waals surface area contributed by atoms with Crippen LogP contribution in [0, 0.1) is 0 Å². The summed E-state index contributed by atoms with van der Waals surface area (Å²) in [5, 5.41) is 8.63. The lowest BCUT2D eigenvalue weighted by Crippen LogP contribution is -2.37. The molecule has 1 aromatic heterocycles. The molecular formula is C11H13Cl2N3O5. The average Bonchev–Trinajstić information content (AvgIpc) is 2.38. The minimum absolute atomic E-state index is 0.0774. The molecule has 1 rings (SSSR count). The highest BCUT2D eigenvalue weighted by atomic mass is 35.5. The summed E-state index contributed by atoms with van der Waals surface area (Å²) in [4.78, 5) is 30.7. The van der Waals surface area contributed by atoms with Crippen molar-refractivity contribution in [3.05, 3.63) is 10.4 Å². The Morgan fingerprint density at radius 1 is 1.33 bits per heavy atom. The van der Waals surface area contributed by atoms with E-state index in [-0.39, 0.29) is 27.7 Å². The van der Waals surface area contributed by atoms with Gasteiger partial charge in [0.1, 0.15) is 0 Å². The summed E-state index contributed by atoms with van der Waals surface area (Å²) in [7, 11) is 1.23. The van der Waals surface area contributed by atoms with Gasteiger partial charge in [-0.1, -0.05) is 24.9 Å². The van der Waals surface area contributed by atoms with Gasteiger partial charge in [-0.2, -0.15) is 9.88 Å². The molecule has 116 valence electrons. The van der Waals surface area contributed by atoms with Gasteiger partial charge in [-0.15, -0.1) is 0 Å². The number of unbranched alkanes of at least 4 members (excludes halogenated alkanes) is 1. The van der Waals surface area contributed by atoms with Crippen molar-refractivity contribution in [2.45, 2.75) is 19.8 Å². The van der Waals surface area contributed by atoms with Crippen molar-refractivity contribution in [2.24, 2.45) is 0 Å². The van der Waals surface area contributed by atoms with Crippen LogP contribution in [0.1, 0.15) is 19.8 Å². The first-order valence-corrected chi connectivity index (χ1v) is 6.64. The highest BCUT2D eigenvalue weighted by Gasteiger charge is 2.31. The lowest BCUT2D eigenvalue weighted by atomic mass is 10.4. The number of amides is 2. The Balaban J connectivity index is 3.17. The second-order valence-corrected chi connectivity index (χ2v) is 4.42. The molecule has 1 aromatic rings. The number of imide groups is 1. The summed E-state index contributed by atoms with van der Waals surface area (Å²) in [6.45, 7) is 1.98. The van der Waals surface area contributed by atoms with Gasteiger partial charge in [-0.05, 0) is 18.0 Å². The molecule has 0 aliphatic rings. The van der Waals surface area contributed by atoms with Crippen molar-refractivity contribution in [2.75, 3.05) is 18.6 Å². The summed E-state index contributed by atoms with van der Waals surface area (Å²) in [6, 6.07) is 0. The molecule has 10 heteroatoms. The Labute approximate surface area is 130 Å². The Morgan fingerprint density at radius 2 is 2.00 bits per heavy atom. The SMILES string of the molecule is CCCCOC(=O)N(C(=O)O)c1nc(Cl)nc(Cl)c1OC. The number of carbonyl (C=O) groups excluding carboxylic acids is 1. The fourth-order valence-corrected chi connectivity index (χ4v) is 1.79. The van der Waals surface area contributed by atoms with Crippen LogP contribution in [-0.4, -0.2) is 41.0 Å². The van der Waals surface area contributed by atoms with Crippen molar-refractivity contribution in [1.82, 2.24) is 9.97 Å². The maximum absolute atomic E-state index is 11.9. The molecule has 0 radical (unpaired) electrons. The van der Waals surface area contributed by atoms with Crippen LogP contribution >= 0.6 is 23.2 Å². The van der Waals surface area contributed by atoms with E-state index >= 15 is 0 Å². The van der Waals surface area contributed by atoms with Gasteiger partial charge in [0, 0.05) is 0 Å². The standard InChI is InChI=1S/C11H13Cl2N3O5/c1-3-4-5-21-11(19)16(10(17)18)8-6(20-2)7(12)14-9(13)15-8/h3-5H2,1-2H3,(H,17,18). The number of hydrogen-bond donors (Lipinski definition) is 1. The molecule has 0 bridgehead atoms. The quantitative estimate of drug-likeness (QED) is 0.499. The fourth-order valence-electron chi connectivity index (χ4n) is 1.34.